The zero-order chi connectivity index (χ0) is 44.2. The molecule has 0 saturated carbocycles. The van der Waals surface area contributed by atoms with Crippen LogP contribution in [0.2, 0.25) is 18.1 Å². The van der Waals surface area contributed by atoms with Gasteiger partial charge in [-0.2, -0.15) is 0 Å². The Morgan fingerprint density at radius 2 is 1.41 bits per heavy atom. The van der Waals surface area contributed by atoms with Crippen molar-refractivity contribution in [3.63, 3.8) is 0 Å². The van der Waals surface area contributed by atoms with Crippen LogP contribution in [0.25, 0.3) is 0 Å². The molecule has 10 nitrogen and oxygen atoms in total. The van der Waals surface area contributed by atoms with E-state index in [-0.39, 0.29) is 61.6 Å². The molecule has 0 bridgehead atoms. The Kier molecular flexibility index (Phi) is 16.9. The Labute approximate surface area is 381 Å². The summed E-state index contributed by atoms with van der Waals surface area (Å²) in [4.78, 5) is 13.7. The predicted molar refractivity (Wildman–Crippen MR) is 246 cm³/mol. The molecule has 0 radical (unpaired) electrons. The van der Waals surface area contributed by atoms with E-state index < -0.39 is 32.9 Å². The van der Waals surface area contributed by atoms with E-state index in [9.17, 15) is 4.79 Å². The van der Waals surface area contributed by atoms with Gasteiger partial charge in [-0.05, 0) is 30.3 Å². The summed E-state index contributed by atoms with van der Waals surface area (Å²) in [5, 5.41) is 0.00824. The summed E-state index contributed by atoms with van der Waals surface area (Å²) in [5.74, 6) is 0.782. The number of methoxy groups -OCH3 is 1. The second-order valence-corrected chi connectivity index (χ2v) is 25.2. The molecule has 3 aliphatic heterocycles. The molecule has 3 aliphatic rings. The molecule has 12 heteroatoms. The molecule has 338 valence electrons. The van der Waals surface area contributed by atoms with Crippen LogP contribution in [-0.4, -0.2) is 97.1 Å². The molecule has 4 aromatic carbocycles. The van der Waals surface area contributed by atoms with Crippen molar-refractivity contribution in [2.45, 2.75) is 133 Å². The summed E-state index contributed by atoms with van der Waals surface area (Å²) in [6, 6.07) is 37.9. The molecule has 0 spiro atoms. The van der Waals surface area contributed by atoms with Crippen LogP contribution in [0.1, 0.15) is 69.4 Å². The number of fused-ring (bicyclic) bond motifs is 1. The zero-order valence-corrected chi connectivity index (χ0v) is 40.2. The van der Waals surface area contributed by atoms with Crippen molar-refractivity contribution in [1.29, 1.82) is 0 Å². The molecular weight excluding hydrogens is 880 g/mol. The average molecular weight is 944 g/mol. The fourth-order valence-corrected chi connectivity index (χ4v) is 10.9. The van der Waals surface area contributed by atoms with Gasteiger partial charge in [-0.25, -0.2) is 0 Å². The molecule has 0 unspecified atom stereocenters. The topological polar surface area (TPSA) is 100 Å². The first-order valence-electron chi connectivity index (χ1n) is 22.2. The van der Waals surface area contributed by atoms with Crippen LogP contribution in [0.4, 0.5) is 0 Å². The second kappa shape index (κ2) is 22.5. The fraction of sp³-hybridized carbons (Fsp3) is 0.471. The number of benzene rings is 4. The van der Waals surface area contributed by atoms with E-state index in [2.05, 4.69) is 46.0 Å². The Morgan fingerprint density at radius 1 is 0.746 bits per heavy atom. The number of carbonyl (C=O) groups excluding carboxylic acids is 1. The number of ether oxygens (including phenoxy) is 8. The molecule has 63 heavy (non-hydrogen) atoms. The molecule has 3 saturated heterocycles. The smallest absolute Gasteiger partial charge is 0.342 e. The van der Waals surface area contributed by atoms with Gasteiger partial charge in [0, 0.05) is 5.56 Å². The third kappa shape index (κ3) is 13.5. The van der Waals surface area contributed by atoms with E-state index in [1.54, 1.807) is 13.4 Å². The molecule has 3 fully saturated rings. The molecule has 3 heterocycles. The molecule has 4 aromatic rings. The summed E-state index contributed by atoms with van der Waals surface area (Å²) in [7, 11) is -0.537. The van der Waals surface area contributed by atoms with Gasteiger partial charge >= 0.3 is 281 Å². The van der Waals surface area contributed by atoms with Gasteiger partial charge in [0.1, 0.15) is 5.75 Å². The van der Waals surface area contributed by atoms with Gasteiger partial charge in [-0.3, -0.25) is 0 Å². The third-order valence-electron chi connectivity index (χ3n) is 12.4. The Hall–Kier alpha value is -3.65. The minimum Gasteiger partial charge on any atom is -0.342 e. The van der Waals surface area contributed by atoms with Crippen LogP contribution in [0.15, 0.2) is 128 Å². The van der Waals surface area contributed by atoms with Gasteiger partial charge in [0.25, 0.3) is 0 Å². The van der Waals surface area contributed by atoms with Crippen molar-refractivity contribution in [2.24, 2.45) is 0 Å². The van der Waals surface area contributed by atoms with Crippen molar-refractivity contribution >= 4 is 32.4 Å². The molecule has 0 N–H and O–H groups in total. The molecule has 7 rings (SSSR count). The molecule has 9 atom stereocenters. The van der Waals surface area contributed by atoms with E-state index in [1.807, 2.05) is 109 Å². The van der Waals surface area contributed by atoms with Gasteiger partial charge in [-0.15, -0.1) is 0 Å². The summed E-state index contributed by atoms with van der Waals surface area (Å²) in [6.07, 6.45) is 2.73. The van der Waals surface area contributed by atoms with E-state index in [0.29, 0.717) is 45.7 Å². The minimum atomic E-state index is -2.19. The first-order valence-corrected chi connectivity index (χ1v) is 26.8. The quantitative estimate of drug-likeness (QED) is 0.0670. The number of rotatable bonds is 19. The molecular formula is C51H64O10SeSi. The van der Waals surface area contributed by atoms with Crippen molar-refractivity contribution in [1.82, 2.24) is 0 Å². The van der Waals surface area contributed by atoms with Gasteiger partial charge in [-0.1, -0.05) is 32.9 Å². The van der Waals surface area contributed by atoms with E-state index >= 15 is 0 Å². The first kappa shape index (κ1) is 47.3. The van der Waals surface area contributed by atoms with Crippen molar-refractivity contribution in [2.75, 3.05) is 20.3 Å². The average Bonchev–Trinajstić information content (AvgIpc) is 3.28. The maximum atomic E-state index is 13.7. The van der Waals surface area contributed by atoms with Gasteiger partial charge < -0.3 is 14.2 Å². The van der Waals surface area contributed by atoms with Crippen molar-refractivity contribution in [3.8, 4) is 5.75 Å². The normalized spacial score (nSPS) is 26.5. The number of hydrogen-bond acceptors (Lipinski definition) is 10. The van der Waals surface area contributed by atoms with Gasteiger partial charge in [0.2, 0.25) is 0 Å². The summed E-state index contributed by atoms with van der Waals surface area (Å²) < 4.78 is 59.5. The SMILES string of the molecule is COc1ccc([C@@H]2OC[C@H]3O[C@@H](CC=CO[C@H]4C[C@@H](OCc5ccccc5)[C@H](COCc5ccccc5)O[C@@H]4CC(=O)[Se]c4ccccc4)[C@H](O[Si](C)(C)C(C)(C)C)C[C@@H]3O2)cc1. The number of hydrogen-bond donors (Lipinski definition) is 0. The summed E-state index contributed by atoms with van der Waals surface area (Å²) >= 11 is -0.360. The van der Waals surface area contributed by atoms with Crippen molar-refractivity contribution < 1.29 is 47.1 Å². The van der Waals surface area contributed by atoms with E-state index in [4.69, 9.17) is 42.3 Å². The molecule has 0 aromatic heterocycles. The minimum absolute atomic E-state index is 0.00824. The first-order chi connectivity index (χ1) is 30.4. The summed E-state index contributed by atoms with van der Waals surface area (Å²) in [6.45, 7) is 12.9. The van der Waals surface area contributed by atoms with E-state index in [1.165, 1.54) is 0 Å². The van der Waals surface area contributed by atoms with E-state index in [0.717, 1.165) is 26.9 Å². The third-order valence-corrected chi connectivity index (χ3v) is 18.8. The fourth-order valence-electron chi connectivity index (χ4n) is 7.82. The van der Waals surface area contributed by atoms with Crippen LogP contribution in [0, 0.1) is 0 Å². The maximum absolute atomic E-state index is 13.7. The van der Waals surface area contributed by atoms with Crippen molar-refractivity contribution in [3.05, 3.63) is 144 Å². The second-order valence-electron chi connectivity index (χ2n) is 18.0. The van der Waals surface area contributed by atoms with Crippen LogP contribution >= 0.6 is 0 Å². The Balaban J connectivity index is 1.05. The number of carbonyl (C=O) groups is 1. The van der Waals surface area contributed by atoms with Crippen LogP contribution < -0.4 is 9.20 Å². The van der Waals surface area contributed by atoms with Crippen LogP contribution in [0.5, 0.6) is 5.75 Å². The van der Waals surface area contributed by atoms with Crippen LogP contribution in [0.3, 0.4) is 0 Å². The molecule has 0 aliphatic carbocycles. The monoisotopic (exact) mass is 944 g/mol. The Morgan fingerprint density at radius 3 is 2.08 bits per heavy atom. The van der Waals surface area contributed by atoms with Gasteiger partial charge in [0.15, 0.2) is 6.29 Å². The van der Waals surface area contributed by atoms with Crippen LogP contribution in [-0.2, 0) is 55.6 Å². The van der Waals surface area contributed by atoms with Gasteiger partial charge in [0.05, 0.1) is 7.11 Å². The predicted octanol–water partition coefficient (Wildman–Crippen LogP) is 8.85. The Bertz CT molecular complexity index is 2010. The summed E-state index contributed by atoms with van der Waals surface area (Å²) in [5.41, 5.74) is 3.08. The zero-order valence-electron chi connectivity index (χ0n) is 37.5. The molecule has 0 amide bonds. The standard InChI is InChI=1S/C51H64O10SeSi/c1-51(2,3)63(5,6)61-46-30-44-48(35-57-50(60-44)38-24-26-39(53-4)27-25-38)58-41(46)23-16-28-55-42-29-43(56-33-37-19-12-8-13-20-37)47(34-54-32-36-17-10-7-11-18-36)59-45(42)31-49(52)62-40-21-14-9-15-22-40/h7-22,24-28,41-48,50H,23,29-35H2,1-6H3/t41-,42-,43+,44-,45+,46+,47-,48+,50+/m0/s1.